The summed E-state index contributed by atoms with van der Waals surface area (Å²) >= 11 is 1.57. The lowest BCUT2D eigenvalue weighted by Crippen LogP contribution is -2.30. The standard InChI is InChI=1S/C24H20FN3O3S2/c25-18-9-1-2-10-19(18)27-33(30,31)17-8-5-7-16(15-17)24(29)28-14-6-12-21(28)23-26-20-11-3-4-13-22(20)32-23/h1-5,7-11,13,15,21,27H,6,12,14H2/t21-/m1/s1. The average molecular weight is 482 g/mol. The second kappa shape index (κ2) is 8.57. The number of aromatic nitrogens is 1. The van der Waals surface area contributed by atoms with E-state index in [1.54, 1.807) is 22.3 Å². The Balaban J connectivity index is 1.42. The number of para-hydroxylation sites is 2. The number of nitrogens with zero attached hydrogens (tertiary/aromatic N) is 2. The van der Waals surface area contributed by atoms with Crippen LogP contribution in [0.2, 0.25) is 0 Å². The maximum absolute atomic E-state index is 13.9. The second-order valence-corrected chi connectivity index (χ2v) is 10.5. The van der Waals surface area contributed by atoms with Crippen molar-refractivity contribution in [2.45, 2.75) is 23.8 Å². The van der Waals surface area contributed by atoms with Crippen molar-refractivity contribution >= 4 is 43.2 Å². The fourth-order valence-corrected chi connectivity index (χ4v) is 6.24. The zero-order valence-corrected chi connectivity index (χ0v) is 19.1. The van der Waals surface area contributed by atoms with Gasteiger partial charge in [0.15, 0.2) is 0 Å². The van der Waals surface area contributed by atoms with Crippen molar-refractivity contribution in [3.63, 3.8) is 0 Å². The Kier molecular flexibility index (Phi) is 5.59. The van der Waals surface area contributed by atoms with E-state index in [1.807, 2.05) is 24.3 Å². The van der Waals surface area contributed by atoms with E-state index in [9.17, 15) is 17.6 Å². The highest BCUT2D eigenvalue weighted by Crippen LogP contribution is 2.37. The Hall–Kier alpha value is -3.30. The number of rotatable bonds is 5. The minimum Gasteiger partial charge on any atom is -0.329 e. The van der Waals surface area contributed by atoms with E-state index in [2.05, 4.69) is 4.72 Å². The number of hydrogen-bond donors (Lipinski definition) is 1. The molecule has 1 amide bonds. The van der Waals surface area contributed by atoms with Gasteiger partial charge in [-0.05, 0) is 55.3 Å². The van der Waals surface area contributed by atoms with Gasteiger partial charge in [0, 0.05) is 12.1 Å². The van der Waals surface area contributed by atoms with Crippen LogP contribution in [0.5, 0.6) is 0 Å². The number of hydrogen-bond acceptors (Lipinski definition) is 5. The van der Waals surface area contributed by atoms with Crippen LogP contribution in [0.25, 0.3) is 10.2 Å². The van der Waals surface area contributed by atoms with E-state index in [0.29, 0.717) is 6.54 Å². The summed E-state index contributed by atoms with van der Waals surface area (Å²) in [6, 6.07) is 19.1. The molecule has 0 saturated carbocycles. The summed E-state index contributed by atoms with van der Waals surface area (Å²) in [6.07, 6.45) is 1.65. The van der Waals surface area contributed by atoms with Crippen molar-refractivity contribution in [1.29, 1.82) is 0 Å². The SMILES string of the molecule is O=C(c1cccc(S(=O)(=O)Nc2ccccc2F)c1)N1CCC[C@@H]1c1nc2ccccc2s1. The van der Waals surface area contributed by atoms with Gasteiger partial charge >= 0.3 is 0 Å². The Bertz CT molecular complexity index is 1420. The molecule has 4 aromatic rings. The van der Waals surface area contributed by atoms with Gasteiger partial charge in [-0.15, -0.1) is 11.3 Å². The number of carbonyl (C=O) groups excluding carboxylic acids is 1. The number of nitrogens with one attached hydrogen (secondary N) is 1. The molecule has 0 radical (unpaired) electrons. The topological polar surface area (TPSA) is 79.4 Å². The lowest BCUT2D eigenvalue weighted by Gasteiger charge is -2.23. The first-order valence-corrected chi connectivity index (χ1v) is 12.8. The third-order valence-corrected chi connectivity index (χ3v) is 8.12. The molecule has 6 nitrogen and oxygen atoms in total. The van der Waals surface area contributed by atoms with Crippen molar-refractivity contribution in [2.75, 3.05) is 11.3 Å². The van der Waals surface area contributed by atoms with Gasteiger partial charge in [-0.2, -0.15) is 0 Å². The van der Waals surface area contributed by atoms with Gasteiger partial charge < -0.3 is 4.90 Å². The normalized spacial score (nSPS) is 16.3. The van der Waals surface area contributed by atoms with E-state index < -0.39 is 15.8 Å². The predicted octanol–water partition coefficient (Wildman–Crippen LogP) is 5.21. The van der Waals surface area contributed by atoms with E-state index in [1.165, 1.54) is 42.5 Å². The molecule has 1 aliphatic heterocycles. The quantitative estimate of drug-likeness (QED) is 0.424. The first-order valence-electron chi connectivity index (χ1n) is 10.5. The van der Waals surface area contributed by atoms with Crippen LogP contribution in [0.1, 0.15) is 34.2 Å². The first-order chi connectivity index (χ1) is 15.9. The molecule has 0 bridgehead atoms. The Labute approximate surface area is 194 Å². The molecular weight excluding hydrogens is 461 g/mol. The Morgan fingerprint density at radius 3 is 2.67 bits per heavy atom. The summed E-state index contributed by atoms with van der Waals surface area (Å²) in [5.74, 6) is -0.927. The summed E-state index contributed by atoms with van der Waals surface area (Å²) in [4.78, 5) is 19.7. The number of benzene rings is 3. The molecule has 5 rings (SSSR count). The van der Waals surface area contributed by atoms with Gasteiger partial charge in [0.1, 0.15) is 10.8 Å². The van der Waals surface area contributed by atoms with Crippen LogP contribution in [-0.2, 0) is 10.0 Å². The molecule has 1 aliphatic rings. The van der Waals surface area contributed by atoms with Crippen molar-refractivity contribution < 1.29 is 17.6 Å². The number of likely N-dealkylation sites (tertiary alicyclic amines) is 1. The summed E-state index contributed by atoms with van der Waals surface area (Å²) in [5, 5.41) is 0.882. The summed E-state index contributed by atoms with van der Waals surface area (Å²) in [6.45, 7) is 0.573. The number of carbonyl (C=O) groups is 1. The average Bonchev–Trinajstić information content (AvgIpc) is 3.47. The summed E-state index contributed by atoms with van der Waals surface area (Å²) in [7, 11) is -4.07. The van der Waals surface area contributed by atoms with E-state index in [-0.39, 0.29) is 28.1 Å². The molecule has 0 unspecified atom stereocenters. The fourth-order valence-electron chi connectivity index (χ4n) is 4.01. The van der Waals surface area contributed by atoms with Crippen LogP contribution in [0, 0.1) is 5.82 Å². The van der Waals surface area contributed by atoms with Gasteiger partial charge in [0.2, 0.25) is 0 Å². The molecule has 0 spiro atoms. The maximum atomic E-state index is 13.9. The molecule has 1 N–H and O–H groups in total. The molecule has 2 heterocycles. The highest BCUT2D eigenvalue weighted by atomic mass is 32.2. The number of anilines is 1. The first kappa shape index (κ1) is 21.5. The lowest BCUT2D eigenvalue weighted by molar-refractivity contribution is 0.0735. The second-order valence-electron chi connectivity index (χ2n) is 7.79. The van der Waals surface area contributed by atoms with E-state index >= 15 is 0 Å². The zero-order valence-electron chi connectivity index (χ0n) is 17.4. The smallest absolute Gasteiger partial charge is 0.262 e. The van der Waals surface area contributed by atoms with Crippen LogP contribution in [-0.4, -0.2) is 30.8 Å². The zero-order chi connectivity index (χ0) is 23.0. The molecule has 1 fully saturated rings. The predicted molar refractivity (Wildman–Crippen MR) is 126 cm³/mol. The summed E-state index contributed by atoms with van der Waals surface area (Å²) < 4.78 is 42.9. The monoisotopic (exact) mass is 481 g/mol. The Morgan fingerprint density at radius 1 is 1.06 bits per heavy atom. The third kappa shape index (κ3) is 4.21. The minimum absolute atomic E-state index is 0.104. The van der Waals surface area contributed by atoms with Crippen LogP contribution in [0.3, 0.4) is 0 Å². The fraction of sp³-hybridized carbons (Fsp3) is 0.167. The van der Waals surface area contributed by atoms with Gasteiger partial charge in [-0.25, -0.2) is 17.8 Å². The highest BCUT2D eigenvalue weighted by Gasteiger charge is 2.33. The van der Waals surface area contributed by atoms with Crippen LogP contribution < -0.4 is 4.72 Å². The molecule has 1 atom stereocenters. The molecule has 0 aliphatic carbocycles. The van der Waals surface area contributed by atoms with Crippen molar-refractivity contribution in [1.82, 2.24) is 9.88 Å². The lowest BCUT2D eigenvalue weighted by atomic mass is 10.1. The third-order valence-electron chi connectivity index (χ3n) is 5.62. The van der Waals surface area contributed by atoms with Gasteiger partial charge in [0.25, 0.3) is 15.9 Å². The summed E-state index contributed by atoms with van der Waals surface area (Å²) in [5.41, 5.74) is 1.02. The van der Waals surface area contributed by atoms with E-state index in [0.717, 1.165) is 28.1 Å². The number of fused-ring (bicyclic) bond motifs is 1. The molecule has 3 aromatic carbocycles. The van der Waals surface area contributed by atoms with Crippen LogP contribution >= 0.6 is 11.3 Å². The van der Waals surface area contributed by atoms with E-state index in [4.69, 9.17) is 4.98 Å². The Morgan fingerprint density at radius 2 is 1.85 bits per heavy atom. The van der Waals surface area contributed by atoms with Crippen molar-refractivity contribution in [3.8, 4) is 0 Å². The number of sulfonamides is 1. The largest absolute Gasteiger partial charge is 0.329 e. The molecule has 168 valence electrons. The molecule has 1 saturated heterocycles. The van der Waals surface area contributed by atoms with Crippen LogP contribution in [0.4, 0.5) is 10.1 Å². The molecular formula is C24H20FN3O3S2. The maximum Gasteiger partial charge on any atom is 0.262 e. The highest BCUT2D eigenvalue weighted by molar-refractivity contribution is 7.92. The van der Waals surface area contributed by atoms with Gasteiger partial charge in [0.05, 0.1) is 26.8 Å². The molecule has 9 heteroatoms. The van der Waals surface area contributed by atoms with Crippen molar-refractivity contribution in [2.24, 2.45) is 0 Å². The molecule has 1 aromatic heterocycles. The van der Waals surface area contributed by atoms with Crippen LogP contribution in [0.15, 0.2) is 77.7 Å². The van der Waals surface area contributed by atoms with Gasteiger partial charge in [-0.1, -0.05) is 30.3 Å². The number of halogens is 1. The van der Waals surface area contributed by atoms with Crippen molar-refractivity contribution in [3.05, 3.63) is 89.2 Å². The minimum atomic E-state index is -4.07. The number of amides is 1. The number of thiazole rings is 1. The van der Waals surface area contributed by atoms with Gasteiger partial charge in [-0.3, -0.25) is 9.52 Å². The molecule has 33 heavy (non-hydrogen) atoms.